The summed E-state index contributed by atoms with van der Waals surface area (Å²) < 4.78 is 0. The Morgan fingerprint density at radius 3 is 2.41 bits per heavy atom. The lowest BCUT2D eigenvalue weighted by Crippen LogP contribution is -2.53. The van der Waals surface area contributed by atoms with Gasteiger partial charge in [0.05, 0.1) is 0 Å². The summed E-state index contributed by atoms with van der Waals surface area (Å²) >= 11 is 5.92. The van der Waals surface area contributed by atoms with Gasteiger partial charge in [0, 0.05) is 42.2 Å². The Bertz CT molecular complexity index is 888. The lowest BCUT2D eigenvalue weighted by Gasteiger charge is -2.37. The van der Waals surface area contributed by atoms with Gasteiger partial charge in [-0.3, -0.25) is 9.79 Å². The Balaban J connectivity index is 1.43. The van der Waals surface area contributed by atoms with E-state index in [-0.39, 0.29) is 11.9 Å². The molecule has 0 saturated carbocycles. The molecule has 2 aliphatic heterocycles. The lowest BCUT2D eigenvalue weighted by molar-refractivity contribution is -0.115. The standard InChI is InChI=1S/C20H19ClN4O2/c21-15-8-6-14(7-9-15)17-18(26)24-20(23-17)10-12-25(13-11-20)19(27)22-16-4-2-1-3-5-16/h1-9H,10-13H2,(H,22,27)(H,24,26). The molecule has 7 heteroatoms. The van der Waals surface area contributed by atoms with Crippen LogP contribution in [0.1, 0.15) is 18.4 Å². The molecule has 0 unspecified atom stereocenters. The van der Waals surface area contributed by atoms with Crippen LogP contribution in [0.15, 0.2) is 59.6 Å². The second-order valence-corrected chi connectivity index (χ2v) is 7.17. The summed E-state index contributed by atoms with van der Waals surface area (Å²) in [6.45, 7) is 1.05. The molecule has 0 atom stereocenters. The average Bonchev–Trinajstić information content (AvgIpc) is 2.99. The van der Waals surface area contributed by atoms with Gasteiger partial charge in [-0.1, -0.05) is 41.9 Å². The molecule has 6 nitrogen and oxygen atoms in total. The van der Waals surface area contributed by atoms with E-state index < -0.39 is 5.66 Å². The number of aliphatic imine (C=N–C) groups is 1. The van der Waals surface area contributed by atoms with E-state index in [2.05, 4.69) is 10.6 Å². The highest BCUT2D eigenvalue weighted by Gasteiger charge is 2.42. The van der Waals surface area contributed by atoms with Crippen LogP contribution >= 0.6 is 11.6 Å². The molecule has 2 aromatic rings. The molecular weight excluding hydrogens is 364 g/mol. The number of benzene rings is 2. The maximum atomic E-state index is 12.4. The summed E-state index contributed by atoms with van der Waals surface area (Å²) in [5, 5.41) is 6.51. The fourth-order valence-corrected chi connectivity index (χ4v) is 3.53. The van der Waals surface area contributed by atoms with E-state index >= 15 is 0 Å². The molecule has 1 spiro atoms. The Kier molecular flexibility index (Phi) is 4.58. The number of hydrogen-bond donors (Lipinski definition) is 2. The molecule has 27 heavy (non-hydrogen) atoms. The van der Waals surface area contributed by atoms with Gasteiger partial charge in [0.15, 0.2) is 0 Å². The van der Waals surface area contributed by atoms with Crippen LogP contribution in [0, 0.1) is 0 Å². The van der Waals surface area contributed by atoms with Gasteiger partial charge in [0.25, 0.3) is 5.91 Å². The fourth-order valence-electron chi connectivity index (χ4n) is 3.41. The first-order valence-corrected chi connectivity index (χ1v) is 9.22. The molecule has 2 aromatic carbocycles. The molecule has 0 aromatic heterocycles. The maximum absolute atomic E-state index is 12.4. The molecule has 2 N–H and O–H groups in total. The molecule has 2 heterocycles. The third-order valence-corrected chi connectivity index (χ3v) is 5.16. The van der Waals surface area contributed by atoms with Crippen molar-refractivity contribution < 1.29 is 9.59 Å². The number of piperidine rings is 1. The van der Waals surface area contributed by atoms with Crippen LogP contribution in [-0.4, -0.2) is 41.3 Å². The van der Waals surface area contributed by atoms with E-state index in [1.54, 1.807) is 29.2 Å². The van der Waals surface area contributed by atoms with E-state index in [4.69, 9.17) is 16.6 Å². The Morgan fingerprint density at radius 1 is 1.07 bits per heavy atom. The summed E-state index contributed by atoms with van der Waals surface area (Å²) in [5.74, 6) is -0.181. The molecule has 1 fully saturated rings. The van der Waals surface area contributed by atoms with Crippen LogP contribution in [0.4, 0.5) is 10.5 Å². The van der Waals surface area contributed by atoms with Crippen molar-refractivity contribution in [3.8, 4) is 0 Å². The SMILES string of the molecule is O=C1NC2(CCN(C(=O)Nc3ccccc3)CC2)N=C1c1ccc(Cl)cc1. The number of rotatable bonds is 2. The van der Waals surface area contributed by atoms with E-state index in [0.29, 0.717) is 36.7 Å². The van der Waals surface area contributed by atoms with Crippen LogP contribution in [0.2, 0.25) is 5.02 Å². The number of amides is 3. The minimum absolute atomic E-state index is 0.137. The second-order valence-electron chi connectivity index (χ2n) is 6.74. The van der Waals surface area contributed by atoms with Gasteiger partial charge in [-0.15, -0.1) is 0 Å². The summed E-state index contributed by atoms with van der Waals surface area (Å²) in [6, 6.07) is 16.3. The summed E-state index contributed by atoms with van der Waals surface area (Å²) in [6.07, 6.45) is 1.16. The molecule has 1 saturated heterocycles. The van der Waals surface area contributed by atoms with Gasteiger partial charge in [-0.25, -0.2) is 4.79 Å². The third-order valence-electron chi connectivity index (χ3n) is 4.91. The normalized spacial score (nSPS) is 18.2. The first-order valence-electron chi connectivity index (χ1n) is 8.84. The van der Waals surface area contributed by atoms with Crippen molar-refractivity contribution in [3.63, 3.8) is 0 Å². The predicted molar refractivity (Wildman–Crippen MR) is 105 cm³/mol. The predicted octanol–water partition coefficient (Wildman–Crippen LogP) is 3.28. The van der Waals surface area contributed by atoms with Gasteiger partial charge < -0.3 is 15.5 Å². The molecule has 0 radical (unpaired) electrons. The fraction of sp³-hybridized carbons (Fsp3) is 0.250. The van der Waals surface area contributed by atoms with Crippen LogP contribution in [-0.2, 0) is 4.79 Å². The zero-order chi connectivity index (χ0) is 18.9. The molecular formula is C20H19ClN4O2. The number of likely N-dealkylation sites (tertiary alicyclic amines) is 1. The van der Waals surface area contributed by atoms with Crippen LogP contribution < -0.4 is 10.6 Å². The molecule has 0 aliphatic carbocycles. The number of nitrogens with zero attached hydrogens (tertiary/aromatic N) is 2. The molecule has 138 valence electrons. The molecule has 0 bridgehead atoms. The average molecular weight is 383 g/mol. The number of carbonyl (C=O) groups excluding carboxylic acids is 2. The van der Waals surface area contributed by atoms with Crippen molar-refractivity contribution in [1.29, 1.82) is 0 Å². The van der Waals surface area contributed by atoms with Crippen LogP contribution in [0.3, 0.4) is 0 Å². The maximum Gasteiger partial charge on any atom is 0.321 e. The summed E-state index contributed by atoms with van der Waals surface area (Å²) in [5.41, 5.74) is 1.31. The van der Waals surface area contributed by atoms with Crippen molar-refractivity contribution in [2.45, 2.75) is 18.5 Å². The van der Waals surface area contributed by atoms with Crippen molar-refractivity contribution in [3.05, 3.63) is 65.2 Å². The van der Waals surface area contributed by atoms with Crippen LogP contribution in [0.5, 0.6) is 0 Å². The number of nitrogens with one attached hydrogen (secondary N) is 2. The lowest BCUT2D eigenvalue weighted by atomic mass is 9.98. The van der Waals surface area contributed by atoms with Crippen molar-refractivity contribution >= 4 is 34.9 Å². The van der Waals surface area contributed by atoms with Gasteiger partial charge >= 0.3 is 6.03 Å². The zero-order valence-corrected chi connectivity index (χ0v) is 15.4. The van der Waals surface area contributed by atoms with Gasteiger partial charge in [-0.2, -0.15) is 0 Å². The quantitative estimate of drug-likeness (QED) is 0.836. The molecule has 2 aliphatic rings. The Morgan fingerprint density at radius 2 is 1.74 bits per heavy atom. The molecule has 3 amide bonds. The highest BCUT2D eigenvalue weighted by atomic mass is 35.5. The van der Waals surface area contributed by atoms with E-state index in [1.165, 1.54) is 0 Å². The number of para-hydroxylation sites is 1. The minimum Gasteiger partial charge on any atom is -0.326 e. The summed E-state index contributed by atoms with van der Waals surface area (Å²) in [7, 11) is 0. The second kappa shape index (κ2) is 7.04. The van der Waals surface area contributed by atoms with E-state index in [0.717, 1.165) is 11.3 Å². The Labute approximate surface area is 162 Å². The van der Waals surface area contributed by atoms with Gasteiger partial charge in [0.2, 0.25) is 0 Å². The number of hydrogen-bond acceptors (Lipinski definition) is 3. The topological polar surface area (TPSA) is 73.8 Å². The first kappa shape index (κ1) is 17.5. The highest BCUT2D eigenvalue weighted by Crippen LogP contribution is 2.29. The van der Waals surface area contributed by atoms with Gasteiger partial charge in [0.1, 0.15) is 11.4 Å². The minimum atomic E-state index is -0.629. The number of carbonyl (C=O) groups is 2. The number of halogens is 1. The van der Waals surface area contributed by atoms with Gasteiger partial charge in [-0.05, 0) is 24.3 Å². The molecule has 4 rings (SSSR count). The van der Waals surface area contributed by atoms with Crippen LogP contribution in [0.25, 0.3) is 0 Å². The third kappa shape index (κ3) is 3.66. The summed E-state index contributed by atoms with van der Waals surface area (Å²) in [4.78, 5) is 31.3. The number of anilines is 1. The zero-order valence-electron chi connectivity index (χ0n) is 14.6. The van der Waals surface area contributed by atoms with Crippen molar-refractivity contribution in [1.82, 2.24) is 10.2 Å². The van der Waals surface area contributed by atoms with E-state index in [9.17, 15) is 9.59 Å². The Hall–Kier alpha value is -2.86. The van der Waals surface area contributed by atoms with Crippen molar-refractivity contribution in [2.24, 2.45) is 4.99 Å². The number of urea groups is 1. The largest absolute Gasteiger partial charge is 0.326 e. The smallest absolute Gasteiger partial charge is 0.321 e. The highest BCUT2D eigenvalue weighted by molar-refractivity contribution is 6.47. The first-order chi connectivity index (χ1) is 13.0. The van der Waals surface area contributed by atoms with Crippen molar-refractivity contribution in [2.75, 3.05) is 18.4 Å². The monoisotopic (exact) mass is 382 g/mol. The van der Waals surface area contributed by atoms with E-state index in [1.807, 2.05) is 30.3 Å².